The summed E-state index contributed by atoms with van der Waals surface area (Å²) in [6.45, 7) is 2.57. The molecule has 1 aliphatic heterocycles. The van der Waals surface area contributed by atoms with E-state index in [1.165, 1.54) is 11.3 Å². The Morgan fingerprint density at radius 1 is 1.43 bits per heavy atom. The van der Waals surface area contributed by atoms with E-state index in [4.69, 9.17) is 23.2 Å². The van der Waals surface area contributed by atoms with E-state index in [0.29, 0.717) is 21.5 Å². The molecule has 21 heavy (non-hydrogen) atoms. The number of benzene rings is 1. The van der Waals surface area contributed by atoms with E-state index >= 15 is 0 Å². The zero-order valence-corrected chi connectivity index (χ0v) is 14.3. The molecule has 0 bridgehead atoms. The molecule has 0 N–H and O–H groups in total. The van der Waals surface area contributed by atoms with Gasteiger partial charge < -0.3 is 4.90 Å². The Hall–Kier alpha value is -0.750. The lowest BCUT2D eigenvalue weighted by Crippen LogP contribution is -2.30. The number of aromatic nitrogens is 1. The maximum Gasteiger partial charge on any atom is 0.267 e. The molecule has 3 nitrogen and oxygen atoms in total. The highest BCUT2D eigenvalue weighted by Gasteiger charge is 2.33. The Balaban J connectivity index is 1.92. The van der Waals surface area contributed by atoms with Crippen molar-refractivity contribution in [2.24, 2.45) is 0 Å². The second-order valence-corrected chi connectivity index (χ2v) is 7.54. The van der Waals surface area contributed by atoms with Gasteiger partial charge in [-0.15, -0.1) is 23.1 Å². The number of carbonyl (C=O) groups excluding carboxylic acids is 1. The molecule has 2 aromatic rings. The number of nitrogens with zero attached hydrogens (tertiary/aromatic N) is 2. The molecule has 2 heterocycles. The van der Waals surface area contributed by atoms with Crippen LogP contribution in [-0.4, -0.2) is 28.1 Å². The number of rotatable bonds is 2. The normalized spacial score (nSPS) is 18.2. The highest BCUT2D eigenvalue weighted by molar-refractivity contribution is 7.99. The fourth-order valence-electron chi connectivity index (χ4n) is 2.28. The summed E-state index contributed by atoms with van der Waals surface area (Å²) >= 11 is 15.3. The summed E-state index contributed by atoms with van der Waals surface area (Å²) in [4.78, 5) is 19.4. The highest BCUT2D eigenvalue weighted by atomic mass is 35.5. The van der Waals surface area contributed by atoms with Gasteiger partial charge in [0.05, 0.1) is 11.2 Å². The summed E-state index contributed by atoms with van der Waals surface area (Å²) in [6, 6.07) is 5.42. The zero-order chi connectivity index (χ0) is 15.0. The third-order valence-corrected chi connectivity index (χ3v) is 6.04. The summed E-state index contributed by atoms with van der Waals surface area (Å²) in [5.41, 5.74) is 3.41. The second kappa shape index (κ2) is 6.16. The van der Waals surface area contributed by atoms with Crippen molar-refractivity contribution in [2.75, 3.05) is 12.3 Å². The number of halogens is 2. The van der Waals surface area contributed by atoms with Crippen molar-refractivity contribution < 1.29 is 4.79 Å². The number of thioether (sulfide) groups is 1. The van der Waals surface area contributed by atoms with Crippen molar-refractivity contribution >= 4 is 52.2 Å². The van der Waals surface area contributed by atoms with E-state index in [9.17, 15) is 4.79 Å². The molecule has 1 unspecified atom stereocenters. The summed E-state index contributed by atoms with van der Waals surface area (Å²) in [5, 5.41) is 1.13. The number of carbonyl (C=O) groups is 1. The van der Waals surface area contributed by atoms with Gasteiger partial charge in [-0.1, -0.05) is 29.3 Å². The van der Waals surface area contributed by atoms with Gasteiger partial charge in [-0.05, 0) is 19.1 Å². The lowest BCUT2D eigenvalue weighted by atomic mass is 10.2. The molecule has 0 saturated carbocycles. The predicted molar refractivity (Wildman–Crippen MR) is 89.5 cm³/mol. The van der Waals surface area contributed by atoms with E-state index in [-0.39, 0.29) is 11.3 Å². The quantitative estimate of drug-likeness (QED) is 0.783. The molecule has 1 saturated heterocycles. The van der Waals surface area contributed by atoms with Crippen molar-refractivity contribution in [3.8, 4) is 0 Å². The topological polar surface area (TPSA) is 33.2 Å². The first kappa shape index (κ1) is 15.2. The molecule has 1 fully saturated rings. The molecule has 7 heteroatoms. The van der Waals surface area contributed by atoms with Crippen molar-refractivity contribution in [2.45, 2.75) is 12.3 Å². The SMILES string of the molecule is Cc1ncsc1C(=O)N1CCSC1c1ccc(Cl)cc1Cl. The maximum atomic E-state index is 12.7. The van der Waals surface area contributed by atoms with Crippen LogP contribution < -0.4 is 0 Å². The second-order valence-electron chi connectivity index (χ2n) is 4.65. The van der Waals surface area contributed by atoms with E-state index < -0.39 is 0 Å². The van der Waals surface area contributed by atoms with Gasteiger partial charge in [0.25, 0.3) is 5.91 Å². The number of thiazole rings is 1. The smallest absolute Gasteiger partial charge is 0.267 e. The van der Waals surface area contributed by atoms with Crippen molar-refractivity contribution in [1.29, 1.82) is 0 Å². The standard InChI is InChI=1S/C14H12Cl2N2OS2/c1-8-12(21-7-17-8)13(19)18-4-5-20-14(18)10-3-2-9(15)6-11(10)16/h2-3,6-7,14H,4-5H2,1H3. The lowest BCUT2D eigenvalue weighted by Gasteiger charge is -2.24. The van der Waals surface area contributed by atoms with Gasteiger partial charge in [-0.3, -0.25) is 4.79 Å². The average molecular weight is 359 g/mol. The van der Waals surface area contributed by atoms with Crippen LogP contribution in [0.1, 0.15) is 26.3 Å². The fourth-order valence-corrected chi connectivity index (χ4v) is 4.90. The largest absolute Gasteiger partial charge is 0.321 e. The average Bonchev–Trinajstić information content (AvgIpc) is 3.07. The van der Waals surface area contributed by atoms with Gasteiger partial charge in [-0.2, -0.15) is 0 Å². The summed E-state index contributed by atoms with van der Waals surface area (Å²) < 4.78 is 0. The molecular formula is C14H12Cl2N2OS2. The van der Waals surface area contributed by atoms with Crippen LogP contribution in [0.15, 0.2) is 23.7 Å². The van der Waals surface area contributed by atoms with E-state index in [0.717, 1.165) is 17.0 Å². The Kier molecular flexibility index (Phi) is 4.45. The van der Waals surface area contributed by atoms with Crippen molar-refractivity contribution in [1.82, 2.24) is 9.88 Å². The molecule has 0 radical (unpaired) electrons. The van der Waals surface area contributed by atoms with Crippen molar-refractivity contribution in [3.05, 3.63) is 49.9 Å². The molecule has 1 atom stereocenters. The summed E-state index contributed by atoms with van der Waals surface area (Å²) in [7, 11) is 0. The maximum absolute atomic E-state index is 12.7. The molecule has 1 aromatic carbocycles. The number of hydrogen-bond acceptors (Lipinski definition) is 4. The van der Waals surface area contributed by atoms with Gasteiger partial charge >= 0.3 is 0 Å². The van der Waals surface area contributed by atoms with Gasteiger partial charge in [-0.25, -0.2) is 4.98 Å². The Labute approximate surface area is 141 Å². The zero-order valence-electron chi connectivity index (χ0n) is 11.2. The Bertz CT molecular complexity index is 689. The van der Waals surface area contributed by atoms with E-state index in [1.54, 1.807) is 23.3 Å². The minimum atomic E-state index is -0.0660. The van der Waals surface area contributed by atoms with Crippen LogP contribution in [0.3, 0.4) is 0 Å². The minimum Gasteiger partial charge on any atom is -0.321 e. The number of aryl methyl sites for hydroxylation is 1. The molecule has 1 aliphatic rings. The first-order chi connectivity index (χ1) is 10.1. The van der Waals surface area contributed by atoms with Crippen molar-refractivity contribution in [3.63, 3.8) is 0 Å². The van der Waals surface area contributed by atoms with Crippen LogP contribution in [0.25, 0.3) is 0 Å². The van der Waals surface area contributed by atoms with Gasteiger partial charge in [0.2, 0.25) is 0 Å². The number of hydrogen-bond donors (Lipinski definition) is 0. The van der Waals surface area contributed by atoms with E-state index in [2.05, 4.69) is 4.98 Å². The molecule has 0 aliphatic carbocycles. The predicted octanol–water partition coefficient (Wildman–Crippen LogP) is 4.65. The van der Waals surface area contributed by atoms with Gasteiger partial charge in [0, 0.05) is 27.9 Å². The molecule has 1 amide bonds. The highest BCUT2D eigenvalue weighted by Crippen LogP contribution is 2.42. The lowest BCUT2D eigenvalue weighted by molar-refractivity contribution is 0.0764. The van der Waals surface area contributed by atoms with E-state index in [1.807, 2.05) is 24.0 Å². The number of amides is 1. The van der Waals surface area contributed by atoms with Gasteiger partial charge in [0.15, 0.2) is 0 Å². The first-order valence-corrected chi connectivity index (χ1v) is 9.04. The van der Waals surface area contributed by atoms with Crippen LogP contribution >= 0.6 is 46.3 Å². The molecule has 0 spiro atoms. The molecule has 3 rings (SSSR count). The third-order valence-electron chi connectivity index (χ3n) is 3.32. The fraction of sp³-hybridized carbons (Fsp3) is 0.286. The minimum absolute atomic E-state index is 0.0241. The van der Waals surface area contributed by atoms with Crippen LogP contribution in [0, 0.1) is 6.92 Å². The summed E-state index contributed by atoms with van der Waals surface area (Å²) in [6.07, 6.45) is 0. The molecule has 1 aromatic heterocycles. The third kappa shape index (κ3) is 2.93. The Morgan fingerprint density at radius 2 is 2.24 bits per heavy atom. The van der Waals surface area contributed by atoms with Crippen LogP contribution in [0.2, 0.25) is 10.0 Å². The molecular weight excluding hydrogens is 347 g/mol. The molecule has 110 valence electrons. The monoisotopic (exact) mass is 358 g/mol. The van der Waals surface area contributed by atoms with Gasteiger partial charge in [0.1, 0.15) is 10.3 Å². The first-order valence-electron chi connectivity index (χ1n) is 6.35. The summed E-state index contributed by atoms with van der Waals surface area (Å²) in [5.74, 6) is 0.920. The van der Waals surface area contributed by atoms with Crippen LogP contribution in [0.5, 0.6) is 0 Å². The van der Waals surface area contributed by atoms with Crippen LogP contribution in [0.4, 0.5) is 0 Å². The Morgan fingerprint density at radius 3 is 2.90 bits per heavy atom. The van der Waals surface area contributed by atoms with Crippen LogP contribution in [-0.2, 0) is 0 Å².